The molecule has 1 aliphatic heterocycles. The highest BCUT2D eigenvalue weighted by atomic mass is 35.5. The van der Waals surface area contributed by atoms with Crippen molar-refractivity contribution >= 4 is 52.9 Å². The molecule has 4 rings (SSSR count). The Bertz CT molecular complexity index is 1230. The number of benzene rings is 2. The van der Waals surface area contributed by atoms with Gasteiger partial charge in [0.05, 0.1) is 18.3 Å². The number of piperidine rings is 1. The molecule has 1 aromatic heterocycles. The van der Waals surface area contributed by atoms with E-state index in [-0.39, 0.29) is 0 Å². The second-order valence-corrected chi connectivity index (χ2v) is 9.55. The molecule has 0 bridgehead atoms. The van der Waals surface area contributed by atoms with Crippen molar-refractivity contribution in [3.8, 4) is 5.75 Å². The largest absolute Gasteiger partial charge is 0.495 e. The summed E-state index contributed by atoms with van der Waals surface area (Å²) in [5.41, 5.74) is 6.82. The maximum atomic E-state index is 6.23. The lowest BCUT2D eigenvalue weighted by molar-refractivity contribution is 0.414. The van der Waals surface area contributed by atoms with Crippen molar-refractivity contribution in [2.24, 2.45) is 11.0 Å². The summed E-state index contributed by atoms with van der Waals surface area (Å²) in [5, 5.41) is 8.55. The minimum absolute atomic E-state index is 0.324. The van der Waals surface area contributed by atoms with E-state index < -0.39 is 0 Å². The molecule has 0 unspecified atom stereocenters. The summed E-state index contributed by atoms with van der Waals surface area (Å²) in [5.74, 6) is 2.56. The number of hydrazone groups is 1. The van der Waals surface area contributed by atoms with Crippen LogP contribution in [0.4, 0.5) is 23.5 Å². The van der Waals surface area contributed by atoms with E-state index in [1.54, 1.807) is 25.5 Å². The van der Waals surface area contributed by atoms with Crippen molar-refractivity contribution in [1.29, 1.82) is 0 Å². The molecule has 0 amide bonds. The molecule has 10 heteroatoms. The van der Waals surface area contributed by atoms with Gasteiger partial charge in [0.1, 0.15) is 5.75 Å². The van der Waals surface area contributed by atoms with Crippen LogP contribution in [0.5, 0.6) is 5.75 Å². The number of rotatable bonds is 7. The van der Waals surface area contributed by atoms with Crippen LogP contribution in [0.2, 0.25) is 10.0 Å². The highest BCUT2D eigenvalue weighted by molar-refractivity contribution is 6.36. The molecule has 0 spiro atoms. The van der Waals surface area contributed by atoms with Gasteiger partial charge in [0.25, 0.3) is 0 Å². The molecule has 35 heavy (non-hydrogen) atoms. The lowest BCUT2D eigenvalue weighted by Crippen LogP contribution is -2.34. The average molecular weight is 514 g/mol. The van der Waals surface area contributed by atoms with Crippen LogP contribution in [-0.2, 0) is 0 Å². The Morgan fingerprint density at radius 2 is 1.83 bits per heavy atom. The topological polar surface area (TPSA) is 87.6 Å². The fraction of sp³-hybridized carbons (Fsp3) is 0.360. The van der Waals surface area contributed by atoms with Crippen LogP contribution in [0, 0.1) is 19.8 Å². The van der Waals surface area contributed by atoms with E-state index in [1.807, 2.05) is 12.1 Å². The Morgan fingerprint density at radius 1 is 1.09 bits per heavy atom. The first-order valence-electron chi connectivity index (χ1n) is 11.5. The quantitative estimate of drug-likeness (QED) is 0.286. The van der Waals surface area contributed by atoms with Gasteiger partial charge in [-0.05, 0) is 61.9 Å². The smallest absolute Gasteiger partial charge is 0.250 e. The third-order valence-electron chi connectivity index (χ3n) is 6.15. The third-order valence-corrected chi connectivity index (χ3v) is 6.65. The molecule has 1 fully saturated rings. The first kappa shape index (κ1) is 25.0. The Kier molecular flexibility index (Phi) is 7.93. The van der Waals surface area contributed by atoms with Gasteiger partial charge < -0.3 is 15.0 Å². The summed E-state index contributed by atoms with van der Waals surface area (Å²) in [6.07, 6.45) is 3.77. The number of anilines is 4. The first-order chi connectivity index (χ1) is 16.8. The minimum atomic E-state index is 0.324. The van der Waals surface area contributed by atoms with Gasteiger partial charge in [0.15, 0.2) is 0 Å². The number of hydrogen-bond donors (Lipinski definition) is 2. The monoisotopic (exact) mass is 513 g/mol. The van der Waals surface area contributed by atoms with Gasteiger partial charge >= 0.3 is 0 Å². The summed E-state index contributed by atoms with van der Waals surface area (Å²) in [4.78, 5) is 16.1. The number of halogens is 2. The summed E-state index contributed by atoms with van der Waals surface area (Å²) < 4.78 is 5.38. The fourth-order valence-corrected chi connectivity index (χ4v) is 4.47. The van der Waals surface area contributed by atoms with E-state index in [1.165, 1.54) is 5.56 Å². The Labute approximate surface area is 215 Å². The van der Waals surface area contributed by atoms with Crippen molar-refractivity contribution < 1.29 is 4.74 Å². The van der Waals surface area contributed by atoms with Crippen LogP contribution in [0.25, 0.3) is 0 Å². The second kappa shape index (κ2) is 11.1. The van der Waals surface area contributed by atoms with Crippen LogP contribution < -0.4 is 20.4 Å². The van der Waals surface area contributed by atoms with Crippen LogP contribution in [-0.4, -0.2) is 41.4 Å². The predicted molar refractivity (Wildman–Crippen MR) is 144 cm³/mol. The molecule has 3 aromatic rings. The van der Waals surface area contributed by atoms with Crippen molar-refractivity contribution in [3.05, 3.63) is 57.1 Å². The van der Waals surface area contributed by atoms with E-state index in [9.17, 15) is 0 Å². The van der Waals surface area contributed by atoms with Gasteiger partial charge in [-0.25, -0.2) is 5.43 Å². The van der Waals surface area contributed by atoms with E-state index in [0.717, 1.165) is 37.2 Å². The zero-order valence-corrected chi connectivity index (χ0v) is 21.8. The summed E-state index contributed by atoms with van der Waals surface area (Å²) in [7, 11) is 1.54. The van der Waals surface area contributed by atoms with Gasteiger partial charge in [0, 0.05) is 29.4 Å². The highest BCUT2D eigenvalue weighted by Gasteiger charge is 2.20. The number of aryl methyl sites for hydroxylation is 1. The fourth-order valence-electron chi connectivity index (χ4n) is 3.88. The lowest BCUT2D eigenvalue weighted by Gasteiger charge is -2.30. The molecule has 2 heterocycles. The van der Waals surface area contributed by atoms with Crippen molar-refractivity contribution in [2.45, 2.75) is 33.6 Å². The normalized spacial score (nSPS) is 14.4. The van der Waals surface area contributed by atoms with E-state index in [0.29, 0.717) is 45.1 Å². The van der Waals surface area contributed by atoms with Crippen LogP contribution in [0.1, 0.15) is 36.5 Å². The number of aromatic nitrogens is 3. The SMILES string of the molecule is COc1c(Cl)cc(Cl)cc1/C=N\Nc1nc(Nc2cccc(C)c2C)nc(N2CCC(C)CC2)n1. The zero-order valence-electron chi connectivity index (χ0n) is 20.3. The Morgan fingerprint density at radius 3 is 2.57 bits per heavy atom. The molecule has 0 atom stereocenters. The van der Waals surface area contributed by atoms with E-state index in [2.05, 4.69) is 57.5 Å². The Balaban J connectivity index is 1.63. The standard InChI is InChI=1S/C25H29Cl2N7O/c1-15-8-10-34(11-9-15)25-31-23(29-21-7-5-6-16(2)17(21)3)30-24(32-25)33-28-14-18-12-19(26)13-20(27)22(18)35-4/h5-7,12-15H,8-11H2,1-4H3,(H2,29,30,31,32,33)/b28-14-. The molecule has 1 saturated heterocycles. The second-order valence-electron chi connectivity index (χ2n) is 8.70. The van der Waals surface area contributed by atoms with Crippen molar-refractivity contribution in [1.82, 2.24) is 15.0 Å². The van der Waals surface area contributed by atoms with Gasteiger partial charge in [-0.1, -0.05) is 42.3 Å². The minimum Gasteiger partial charge on any atom is -0.495 e. The molecule has 8 nitrogen and oxygen atoms in total. The molecule has 2 N–H and O–H groups in total. The maximum absolute atomic E-state index is 6.23. The number of nitrogens with one attached hydrogen (secondary N) is 2. The average Bonchev–Trinajstić information content (AvgIpc) is 2.82. The molecular weight excluding hydrogens is 485 g/mol. The van der Waals surface area contributed by atoms with Crippen LogP contribution in [0.3, 0.4) is 0 Å². The molecule has 184 valence electrons. The number of hydrogen-bond acceptors (Lipinski definition) is 8. The highest BCUT2D eigenvalue weighted by Crippen LogP contribution is 2.31. The van der Waals surface area contributed by atoms with Crippen LogP contribution >= 0.6 is 23.2 Å². The molecule has 0 radical (unpaired) electrons. The van der Waals surface area contributed by atoms with Crippen molar-refractivity contribution in [2.75, 3.05) is 35.8 Å². The molecular formula is C25H29Cl2N7O. The van der Waals surface area contributed by atoms with E-state index >= 15 is 0 Å². The van der Waals surface area contributed by atoms with Gasteiger partial charge in [-0.3, -0.25) is 0 Å². The lowest BCUT2D eigenvalue weighted by atomic mass is 10.00. The maximum Gasteiger partial charge on any atom is 0.250 e. The molecule has 2 aromatic carbocycles. The van der Waals surface area contributed by atoms with Crippen molar-refractivity contribution in [3.63, 3.8) is 0 Å². The number of nitrogens with zero attached hydrogens (tertiary/aromatic N) is 5. The third kappa shape index (κ3) is 6.13. The molecule has 1 aliphatic rings. The zero-order chi connectivity index (χ0) is 24.9. The Hall–Kier alpha value is -3.10. The molecule has 0 saturated carbocycles. The first-order valence-corrected chi connectivity index (χ1v) is 12.3. The predicted octanol–water partition coefficient (Wildman–Crippen LogP) is 6.23. The summed E-state index contributed by atoms with van der Waals surface area (Å²) in [6.45, 7) is 8.21. The molecule has 0 aliphatic carbocycles. The van der Waals surface area contributed by atoms with E-state index in [4.69, 9.17) is 32.9 Å². The summed E-state index contributed by atoms with van der Waals surface area (Å²) in [6, 6.07) is 9.43. The summed E-state index contributed by atoms with van der Waals surface area (Å²) >= 11 is 12.4. The van der Waals surface area contributed by atoms with Gasteiger partial charge in [-0.15, -0.1) is 0 Å². The van der Waals surface area contributed by atoms with Crippen LogP contribution in [0.15, 0.2) is 35.4 Å². The van der Waals surface area contributed by atoms with Gasteiger partial charge in [0.2, 0.25) is 17.8 Å². The number of ether oxygens (including phenoxy) is 1. The number of methoxy groups -OCH3 is 1. The van der Waals surface area contributed by atoms with Gasteiger partial charge in [-0.2, -0.15) is 20.1 Å².